The third-order valence-corrected chi connectivity index (χ3v) is 4.02. The Morgan fingerprint density at radius 3 is 2.80 bits per heavy atom. The minimum absolute atomic E-state index is 0.149. The molecule has 0 amide bonds. The number of aromatic nitrogens is 1. The van der Waals surface area contributed by atoms with E-state index in [-0.39, 0.29) is 18.0 Å². The van der Waals surface area contributed by atoms with Crippen molar-refractivity contribution in [2.24, 2.45) is 0 Å². The van der Waals surface area contributed by atoms with Crippen LogP contribution in [0.4, 0.5) is 0 Å². The molecular formula is C15H21NO4. The summed E-state index contributed by atoms with van der Waals surface area (Å²) in [5, 5.41) is 0. The molecule has 5 heteroatoms. The van der Waals surface area contributed by atoms with E-state index in [2.05, 4.69) is 11.9 Å². The first-order chi connectivity index (χ1) is 9.74. The van der Waals surface area contributed by atoms with E-state index in [1.54, 1.807) is 6.92 Å². The van der Waals surface area contributed by atoms with Crippen molar-refractivity contribution >= 4 is 5.97 Å². The van der Waals surface area contributed by atoms with Crippen LogP contribution >= 0.6 is 0 Å². The lowest BCUT2D eigenvalue weighted by Crippen LogP contribution is -2.13. The molecule has 2 aliphatic rings. The van der Waals surface area contributed by atoms with Gasteiger partial charge in [-0.15, -0.1) is 0 Å². The molecule has 2 heterocycles. The second-order valence-electron chi connectivity index (χ2n) is 5.47. The number of nitrogens with zero attached hydrogens (tertiary/aromatic N) is 1. The molecule has 1 saturated carbocycles. The number of hydrogen-bond donors (Lipinski definition) is 0. The Balaban J connectivity index is 1.88. The van der Waals surface area contributed by atoms with Gasteiger partial charge in [-0.1, -0.05) is 6.92 Å². The van der Waals surface area contributed by atoms with Gasteiger partial charge in [-0.3, -0.25) is 0 Å². The fourth-order valence-corrected chi connectivity index (χ4v) is 2.82. The fourth-order valence-electron chi connectivity index (χ4n) is 2.82. The summed E-state index contributed by atoms with van der Waals surface area (Å²) in [4.78, 5) is 16.6. The first-order valence-corrected chi connectivity index (χ1v) is 7.53. The van der Waals surface area contributed by atoms with Gasteiger partial charge in [0.15, 0.2) is 0 Å². The van der Waals surface area contributed by atoms with Crippen molar-refractivity contribution in [2.45, 2.75) is 57.5 Å². The van der Waals surface area contributed by atoms with E-state index in [9.17, 15) is 4.79 Å². The van der Waals surface area contributed by atoms with Gasteiger partial charge in [0.05, 0.1) is 24.3 Å². The molecular weight excluding hydrogens is 258 g/mol. The number of carbonyl (C=O) groups excluding carboxylic acids is 1. The number of rotatable bonds is 5. The summed E-state index contributed by atoms with van der Waals surface area (Å²) in [6, 6.07) is 0. The van der Waals surface area contributed by atoms with Gasteiger partial charge in [0, 0.05) is 12.5 Å². The van der Waals surface area contributed by atoms with Crippen LogP contribution in [0.25, 0.3) is 0 Å². The van der Waals surface area contributed by atoms with Crippen LogP contribution in [-0.2, 0) is 9.47 Å². The topological polar surface area (TPSA) is 61.6 Å². The predicted octanol–water partition coefficient (Wildman–Crippen LogP) is 3.01. The normalized spacial score (nSPS) is 25.9. The Kier molecular flexibility index (Phi) is 3.78. The lowest BCUT2D eigenvalue weighted by Gasteiger charge is -2.12. The number of ether oxygens (including phenoxy) is 2. The summed E-state index contributed by atoms with van der Waals surface area (Å²) in [6.45, 7) is 4.98. The van der Waals surface area contributed by atoms with Gasteiger partial charge in [-0.2, -0.15) is 0 Å². The van der Waals surface area contributed by atoms with Gasteiger partial charge < -0.3 is 13.9 Å². The average Bonchev–Trinajstić information content (AvgIpc) is 3.03. The monoisotopic (exact) mass is 279 g/mol. The molecule has 20 heavy (non-hydrogen) atoms. The molecule has 0 bridgehead atoms. The first-order valence-electron chi connectivity index (χ1n) is 7.53. The average molecular weight is 279 g/mol. The number of carbonyl (C=O) groups is 1. The summed E-state index contributed by atoms with van der Waals surface area (Å²) >= 11 is 0. The van der Waals surface area contributed by atoms with Crippen LogP contribution in [-0.4, -0.2) is 30.3 Å². The molecule has 0 N–H and O–H groups in total. The van der Waals surface area contributed by atoms with E-state index in [1.807, 2.05) is 0 Å². The van der Waals surface area contributed by atoms with Gasteiger partial charge in [-0.05, 0) is 32.6 Å². The number of hydrogen-bond acceptors (Lipinski definition) is 5. The van der Waals surface area contributed by atoms with Crippen molar-refractivity contribution in [1.29, 1.82) is 0 Å². The van der Waals surface area contributed by atoms with Crippen molar-refractivity contribution < 1.29 is 18.7 Å². The summed E-state index contributed by atoms with van der Waals surface area (Å²) in [6.07, 6.45) is 4.15. The smallest absolute Gasteiger partial charge is 0.376 e. The zero-order valence-corrected chi connectivity index (χ0v) is 12.1. The maximum Gasteiger partial charge on any atom is 0.376 e. The van der Waals surface area contributed by atoms with E-state index in [1.165, 1.54) is 0 Å². The third-order valence-electron chi connectivity index (χ3n) is 4.02. The van der Waals surface area contributed by atoms with E-state index in [0.717, 1.165) is 38.0 Å². The van der Waals surface area contributed by atoms with Gasteiger partial charge in [-0.25, -0.2) is 9.78 Å². The van der Waals surface area contributed by atoms with E-state index in [0.29, 0.717) is 24.2 Å². The minimum Gasteiger partial charge on any atom is -0.460 e. The molecule has 1 aliphatic carbocycles. The summed E-state index contributed by atoms with van der Waals surface area (Å²) in [5.74, 6) is 1.11. The molecule has 2 fully saturated rings. The zero-order chi connectivity index (χ0) is 14.1. The van der Waals surface area contributed by atoms with Gasteiger partial charge in [0.25, 0.3) is 0 Å². The molecule has 0 radical (unpaired) electrons. The Bertz CT molecular complexity index is 492. The lowest BCUT2D eigenvalue weighted by atomic mass is 10.00. The van der Waals surface area contributed by atoms with E-state index in [4.69, 9.17) is 13.9 Å². The fraction of sp³-hybridized carbons (Fsp3) is 0.733. The largest absolute Gasteiger partial charge is 0.460 e. The molecule has 2 atom stereocenters. The molecule has 0 aromatic carbocycles. The van der Waals surface area contributed by atoms with Gasteiger partial charge in [0.2, 0.25) is 11.7 Å². The van der Waals surface area contributed by atoms with Gasteiger partial charge in [0.1, 0.15) is 0 Å². The number of oxazole rings is 1. The Morgan fingerprint density at radius 2 is 2.15 bits per heavy atom. The van der Waals surface area contributed by atoms with Crippen LogP contribution in [0.2, 0.25) is 0 Å². The van der Waals surface area contributed by atoms with E-state index >= 15 is 0 Å². The molecule has 1 aromatic heterocycles. The molecule has 5 nitrogen and oxygen atoms in total. The van der Waals surface area contributed by atoms with Crippen LogP contribution in [0.1, 0.15) is 73.5 Å². The summed E-state index contributed by atoms with van der Waals surface area (Å²) in [5.41, 5.74) is 0.792. The van der Waals surface area contributed by atoms with Crippen LogP contribution in [0, 0.1) is 0 Å². The van der Waals surface area contributed by atoms with Crippen LogP contribution in [0.15, 0.2) is 4.42 Å². The maximum atomic E-state index is 12.0. The van der Waals surface area contributed by atoms with Crippen molar-refractivity contribution in [3.8, 4) is 0 Å². The first kappa shape index (κ1) is 13.6. The molecule has 110 valence electrons. The van der Waals surface area contributed by atoms with Crippen molar-refractivity contribution in [2.75, 3.05) is 13.2 Å². The number of esters is 1. The quantitative estimate of drug-likeness (QED) is 0.775. The second kappa shape index (κ2) is 5.56. The standard InChI is InChI=1S/C15H21NO4/c1-3-11-10(7-8-19-11)14-16-12(9-5-6-9)13(20-14)15(17)18-4-2/h9-11H,3-8H2,1-2H3. The highest BCUT2D eigenvalue weighted by molar-refractivity contribution is 5.87. The van der Waals surface area contributed by atoms with Gasteiger partial charge >= 0.3 is 5.97 Å². The Labute approximate surface area is 118 Å². The second-order valence-corrected chi connectivity index (χ2v) is 5.47. The Morgan fingerprint density at radius 1 is 1.35 bits per heavy atom. The molecule has 2 unspecified atom stereocenters. The van der Waals surface area contributed by atoms with Crippen molar-refractivity contribution in [1.82, 2.24) is 4.98 Å². The highest BCUT2D eigenvalue weighted by Gasteiger charge is 2.38. The molecule has 0 spiro atoms. The van der Waals surface area contributed by atoms with Crippen molar-refractivity contribution in [3.63, 3.8) is 0 Å². The van der Waals surface area contributed by atoms with E-state index < -0.39 is 0 Å². The summed E-state index contributed by atoms with van der Waals surface area (Å²) < 4.78 is 16.5. The molecule has 1 aromatic rings. The molecule has 1 aliphatic heterocycles. The van der Waals surface area contributed by atoms with Crippen molar-refractivity contribution in [3.05, 3.63) is 17.3 Å². The third kappa shape index (κ3) is 2.46. The van der Waals surface area contributed by atoms with Crippen LogP contribution < -0.4 is 0 Å². The zero-order valence-electron chi connectivity index (χ0n) is 12.1. The highest BCUT2D eigenvalue weighted by Crippen LogP contribution is 2.43. The SMILES string of the molecule is CCOC(=O)c1oc(C2CCOC2CC)nc1C1CC1. The van der Waals surface area contributed by atoms with Crippen LogP contribution in [0.3, 0.4) is 0 Å². The predicted molar refractivity (Wildman–Crippen MR) is 71.8 cm³/mol. The Hall–Kier alpha value is -1.36. The molecule has 1 saturated heterocycles. The maximum absolute atomic E-state index is 12.0. The van der Waals surface area contributed by atoms with Crippen LogP contribution in [0.5, 0.6) is 0 Å². The summed E-state index contributed by atoms with van der Waals surface area (Å²) in [7, 11) is 0. The lowest BCUT2D eigenvalue weighted by molar-refractivity contribution is 0.0482. The molecule has 3 rings (SSSR count). The minimum atomic E-state index is -0.389. The highest BCUT2D eigenvalue weighted by atomic mass is 16.5.